The molecule has 0 aliphatic rings. The molecule has 2 unspecified atom stereocenters. The largest absolute Gasteiger partial charge is 0.313 e. The van der Waals surface area contributed by atoms with Crippen LogP contribution < -0.4 is 5.32 Å². The lowest BCUT2D eigenvalue weighted by Crippen LogP contribution is -2.38. The zero-order chi connectivity index (χ0) is 13.0. The highest BCUT2D eigenvalue weighted by Crippen LogP contribution is 2.28. The highest BCUT2D eigenvalue weighted by molar-refractivity contribution is 9.10. The number of hydrogen-bond donors (Lipinski definition) is 1. The van der Waals surface area contributed by atoms with E-state index in [4.69, 9.17) is 0 Å². The summed E-state index contributed by atoms with van der Waals surface area (Å²) in [5.41, 5.74) is 0.777. The number of rotatable bonds is 5. The Balaban J connectivity index is 2.99. The van der Waals surface area contributed by atoms with Gasteiger partial charge in [-0.15, -0.1) is 0 Å². The first-order valence-electron chi connectivity index (χ1n) is 6.15. The lowest BCUT2D eigenvalue weighted by atomic mass is 9.86. The van der Waals surface area contributed by atoms with E-state index >= 15 is 0 Å². The molecule has 2 atom stereocenters. The molecule has 0 radical (unpaired) electrons. The molecule has 0 aliphatic heterocycles. The third kappa shape index (κ3) is 3.78. The maximum absolute atomic E-state index is 13.8. The van der Waals surface area contributed by atoms with Crippen molar-refractivity contribution in [2.75, 3.05) is 6.54 Å². The number of benzene rings is 1. The predicted octanol–water partition coefficient (Wildman–Crippen LogP) is 4.33. The van der Waals surface area contributed by atoms with Crippen LogP contribution in [0.1, 0.15) is 39.2 Å². The average molecular weight is 302 g/mol. The van der Waals surface area contributed by atoms with Crippen molar-refractivity contribution in [1.29, 1.82) is 0 Å². The molecule has 17 heavy (non-hydrogen) atoms. The molecule has 1 N–H and O–H groups in total. The van der Waals surface area contributed by atoms with Gasteiger partial charge in [0.25, 0.3) is 0 Å². The first-order valence-corrected chi connectivity index (χ1v) is 6.95. The van der Waals surface area contributed by atoms with E-state index in [0.717, 1.165) is 16.6 Å². The average Bonchev–Trinajstić information content (AvgIpc) is 2.28. The summed E-state index contributed by atoms with van der Waals surface area (Å²) in [4.78, 5) is 0. The fourth-order valence-electron chi connectivity index (χ4n) is 2.28. The van der Waals surface area contributed by atoms with Gasteiger partial charge in [-0.2, -0.15) is 0 Å². The fraction of sp³-hybridized carbons (Fsp3) is 0.571. The Morgan fingerprint density at radius 2 is 1.94 bits per heavy atom. The van der Waals surface area contributed by atoms with Crippen LogP contribution in [0.15, 0.2) is 22.7 Å². The molecule has 0 fully saturated rings. The summed E-state index contributed by atoms with van der Waals surface area (Å²) in [5, 5.41) is 3.45. The Morgan fingerprint density at radius 3 is 2.47 bits per heavy atom. The van der Waals surface area contributed by atoms with Crippen LogP contribution in [-0.2, 0) is 0 Å². The normalized spacial score (nSPS) is 15.0. The molecule has 0 aliphatic carbocycles. The van der Waals surface area contributed by atoms with E-state index in [1.807, 2.05) is 6.07 Å². The minimum Gasteiger partial charge on any atom is -0.313 e. The minimum absolute atomic E-state index is 0.121. The third-order valence-corrected chi connectivity index (χ3v) is 3.64. The predicted molar refractivity (Wildman–Crippen MR) is 74.8 cm³/mol. The standard InChI is InChI=1S/C14H21BrFN/c1-5-17-14(9(2)3)10(4)12-8-11(15)6-7-13(12)16/h6-10,14,17H,5H2,1-4H3. The van der Waals surface area contributed by atoms with E-state index in [0.29, 0.717) is 12.0 Å². The second kappa shape index (κ2) is 6.50. The van der Waals surface area contributed by atoms with Gasteiger partial charge in [0.05, 0.1) is 0 Å². The van der Waals surface area contributed by atoms with Gasteiger partial charge in [0.1, 0.15) is 5.82 Å². The van der Waals surface area contributed by atoms with Gasteiger partial charge in [-0.25, -0.2) is 4.39 Å². The van der Waals surface area contributed by atoms with Gasteiger partial charge in [-0.3, -0.25) is 0 Å². The van der Waals surface area contributed by atoms with Crippen LogP contribution in [0.25, 0.3) is 0 Å². The van der Waals surface area contributed by atoms with E-state index in [1.54, 1.807) is 6.07 Å². The molecule has 0 heterocycles. The van der Waals surface area contributed by atoms with Gasteiger partial charge in [-0.05, 0) is 42.1 Å². The smallest absolute Gasteiger partial charge is 0.126 e. The summed E-state index contributed by atoms with van der Waals surface area (Å²) in [6, 6.07) is 5.44. The third-order valence-electron chi connectivity index (χ3n) is 3.15. The topological polar surface area (TPSA) is 12.0 Å². The first kappa shape index (κ1) is 14.7. The van der Waals surface area contributed by atoms with Gasteiger partial charge < -0.3 is 5.32 Å². The van der Waals surface area contributed by atoms with Gasteiger partial charge >= 0.3 is 0 Å². The molecule has 1 nitrogen and oxygen atoms in total. The molecule has 1 rings (SSSR count). The molecule has 0 saturated heterocycles. The number of nitrogens with one attached hydrogen (secondary N) is 1. The molecule has 1 aromatic carbocycles. The first-order chi connectivity index (χ1) is 7.97. The van der Waals surface area contributed by atoms with Crippen LogP contribution in [-0.4, -0.2) is 12.6 Å². The quantitative estimate of drug-likeness (QED) is 0.854. The summed E-state index contributed by atoms with van der Waals surface area (Å²) in [5.74, 6) is 0.514. The highest BCUT2D eigenvalue weighted by Gasteiger charge is 2.23. The maximum atomic E-state index is 13.8. The summed E-state index contributed by atoms with van der Waals surface area (Å²) < 4.78 is 14.8. The maximum Gasteiger partial charge on any atom is 0.126 e. The lowest BCUT2D eigenvalue weighted by molar-refractivity contribution is 0.354. The SMILES string of the molecule is CCNC(C(C)C)C(C)c1cc(Br)ccc1F. The van der Waals surface area contributed by atoms with Crippen LogP contribution in [0.3, 0.4) is 0 Å². The second-order valence-corrected chi connectivity index (χ2v) is 5.70. The van der Waals surface area contributed by atoms with Crippen molar-refractivity contribution in [3.63, 3.8) is 0 Å². The molecule has 3 heteroatoms. The Labute approximate surface area is 112 Å². The van der Waals surface area contributed by atoms with E-state index in [-0.39, 0.29) is 11.7 Å². The van der Waals surface area contributed by atoms with Crippen molar-refractivity contribution in [1.82, 2.24) is 5.32 Å². The van der Waals surface area contributed by atoms with Crippen molar-refractivity contribution >= 4 is 15.9 Å². The zero-order valence-electron chi connectivity index (χ0n) is 10.9. The van der Waals surface area contributed by atoms with E-state index in [9.17, 15) is 4.39 Å². The van der Waals surface area contributed by atoms with Crippen LogP contribution in [0.2, 0.25) is 0 Å². The van der Waals surface area contributed by atoms with Crippen LogP contribution in [0.5, 0.6) is 0 Å². The molecular weight excluding hydrogens is 281 g/mol. The van der Waals surface area contributed by atoms with E-state index < -0.39 is 0 Å². The van der Waals surface area contributed by atoms with Crippen molar-refractivity contribution < 1.29 is 4.39 Å². The van der Waals surface area contributed by atoms with Crippen molar-refractivity contribution in [3.05, 3.63) is 34.1 Å². The van der Waals surface area contributed by atoms with Crippen LogP contribution in [0, 0.1) is 11.7 Å². The van der Waals surface area contributed by atoms with Gasteiger partial charge in [0.2, 0.25) is 0 Å². The Hall–Kier alpha value is -0.410. The zero-order valence-corrected chi connectivity index (χ0v) is 12.5. The summed E-state index contributed by atoms with van der Waals surface area (Å²) in [6.07, 6.45) is 0. The molecule has 0 bridgehead atoms. The fourth-order valence-corrected chi connectivity index (χ4v) is 2.66. The second-order valence-electron chi connectivity index (χ2n) is 4.78. The van der Waals surface area contributed by atoms with Gasteiger partial charge in [0, 0.05) is 10.5 Å². The Bertz CT molecular complexity index is 365. The molecule has 0 amide bonds. The minimum atomic E-state index is -0.121. The summed E-state index contributed by atoms with van der Waals surface area (Å²) >= 11 is 3.40. The Kier molecular flexibility index (Phi) is 5.60. The molecule has 0 saturated carbocycles. The van der Waals surface area contributed by atoms with E-state index in [2.05, 4.69) is 48.9 Å². The van der Waals surface area contributed by atoms with E-state index in [1.165, 1.54) is 6.07 Å². The number of likely N-dealkylation sites (N-methyl/N-ethyl adjacent to an activating group) is 1. The van der Waals surface area contributed by atoms with Crippen LogP contribution in [0.4, 0.5) is 4.39 Å². The molecule has 1 aromatic rings. The lowest BCUT2D eigenvalue weighted by Gasteiger charge is -2.29. The summed E-state index contributed by atoms with van der Waals surface area (Å²) in [7, 11) is 0. The number of hydrogen-bond acceptors (Lipinski definition) is 1. The van der Waals surface area contributed by atoms with Crippen molar-refractivity contribution in [2.45, 2.75) is 39.7 Å². The number of halogens is 2. The molecule has 0 aromatic heterocycles. The molecule has 0 spiro atoms. The van der Waals surface area contributed by atoms with Crippen molar-refractivity contribution in [3.8, 4) is 0 Å². The van der Waals surface area contributed by atoms with Crippen molar-refractivity contribution in [2.24, 2.45) is 5.92 Å². The Morgan fingerprint density at radius 1 is 1.29 bits per heavy atom. The van der Waals surface area contributed by atoms with Crippen LogP contribution >= 0.6 is 15.9 Å². The summed E-state index contributed by atoms with van der Waals surface area (Å²) in [6.45, 7) is 9.40. The van der Waals surface area contributed by atoms with Gasteiger partial charge in [0.15, 0.2) is 0 Å². The molecular formula is C14H21BrFN. The molecule has 96 valence electrons. The monoisotopic (exact) mass is 301 g/mol. The van der Waals surface area contributed by atoms with Gasteiger partial charge in [-0.1, -0.05) is 43.6 Å². The highest BCUT2D eigenvalue weighted by atomic mass is 79.9.